The summed E-state index contributed by atoms with van der Waals surface area (Å²) >= 11 is 0. The fourth-order valence-electron chi connectivity index (χ4n) is 12.3. The van der Waals surface area contributed by atoms with E-state index >= 15 is 0 Å². The number of esters is 3. The summed E-state index contributed by atoms with van der Waals surface area (Å²) in [5.74, 6) is -1.69. The van der Waals surface area contributed by atoms with E-state index in [0.29, 0.717) is 19.3 Å². The van der Waals surface area contributed by atoms with Gasteiger partial charge >= 0.3 is 17.9 Å². The molecule has 0 aromatic carbocycles. The molecule has 15 nitrogen and oxygen atoms in total. The largest absolute Gasteiger partial charge is 0.462 e. The first kappa shape index (κ1) is 37.7. The van der Waals surface area contributed by atoms with Crippen molar-refractivity contribution in [3.05, 3.63) is 11.1 Å². The van der Waals surface area contributed by atoms with Crippen molar-refractivity contribution in [2.24, 2.45) is 40.4 Å². The summed E-state index contributed by atoms with van der Waals surface area (Å²) in [5, 5.41) is 52.6. The van der Waals surface area contributed by atoms with Gasteiger partial charge in [0.15, 0.2) is 6.29 Å². The van der Waals surface area contributed by atoms with Crippen molar-refractivity contribution < 1.29 is 73.1 Å². The summed E-state index contributed by atoms with van der Waals surface area (Å²) < 4.78 is 41.9. The third-order valence-electron chi connectivity index (χ3n) is 15.2. The van der Waals surface area contributed by atoms with Gasteiger partial charge in [-0.2, -0.15) is 0 Å². The van der Waals surface area contributed by atoms with Crippen LogP contribution in [0.1, 0.15) is 73.6 Å². The number of hydrogen-bond acceptors (Lipinski definition) is 15. The van der Waals surface area contributed by atoms with E-state index in [-0.39, 0.29) is 60.1 Å². The Kier molecular flexibility index (Phi) is 9.19. The molecule has 1 unspecified atom stereocenters. The van der Waals surface area contributed by atoms with Crippen molar-refractivity contribution in [1.29, 1.82) is 0 Å². The highest BCUT2D eigenvalue weighted by atomic mass is 16.7. The van der Waals surface area contributed by atoms with Crippen LogP contribution in [0.25, 0.3) is 0 Å². The second-order valence-electron chi connectivity index (χ2n) is 17.5. The number of carbonyl (C=O) groups is 3. The van der Waals surface area contributed by atoms with Gasteiger partial charge in [0.1, 0.15) is 60.5 Å². The Morgan fingerprint density at radius 2 is 1.68 bits per heavy atom. The van der Waals surface area contributed by atoms with Gasteiger partial charge in [0.25, 0.3) is 0 Å². The van der Waals surface area contributed by atoms with Gasteiger partial charge in [0.2, 0.25) is 0 Å². The standard InChI is InChI=1S/C38H54O15/c1-14-9-22(51-34(45)18(14)13-47-35-29(44)28(43)27(42)24(12-39)52-35)15(2)19-7-8-20-26-21(10-25(36(19,20)5)48-16(3)40)37(6)32(49-17(4)41)30-23(50-30)11-38(37,46)33-31(26)53-33/h15,19-33,35,39,42-44,46H,7-13H2,1-6H3/t15-,19+,20-,21?,22+,23-,24+,25-,26-,27+,28-,29+,30-,31-,32-,33-,35+,36+,37-,38-/m0/s1. The quantitative estimate of drug-likeness (QED) is 0.128. The molecule has 0 aromatic rings. The number of hydrogen-bond donors (Lipinski definition) is 5. The molecule has 4 saturated carbocycles. The van der Waals surface area contributed by atoms with Gasteiger partial charge in [-0.3, -0.25) is 9.59 Å². The smallest absolute Gasteiger partial charge is 0.336 e. The molecule has 53 heavy (non-hydrogen) atoms. The van der Waals surface area contributed by atoms with Crippen molar-refractivity contribution in [3.8, 4) is 0 Å². The normalized spacial score (nSPS) is 52.8. The summed E-state index contributed by atoms with van der Waals surface area (Å²) in [6, 6.07) is 0. The summed E-state index contributed by atoms with van der Waals surface area (Å²) in [4.78, 5) is 38.8. The van der Waals surface area contributed by atoms with Crippen LogP contribution in [0.4, 0.5) is 0 Å². The van der Waals surface area contributed by atoms with Crippen molar-refractivity contribution in [1.82, 2.24) is 0 Å². The summed E-state index contributed by atoms with van der Waals surface area (Å²) in [7, 11) is 0. The fourth-order valence-corrected chi connectivity index (χ4v) is 12.3. The van der Waals surface area contributed by atoms with Crippen LogP contribution in [0, 0.1) is 40.4 Å². The van der Waals surface area contributed by atoms with Gasteiger partial charge in [-0.1, -0.05) is 26.3 Å². The Labute approximate surface area is 308 Å². The molecule has 8 aliphatic rings. The molecule has 296 valence electrons. The first-order chi connectivity index (χ1) is 25.0. The van der Waals surface area contributed by atoms with Crippen LogP contribution in [0.15, 0.2) is 11.1 Å². The molecule has 4 aliphatic carbocycles. The zero-order valence-electron chi connectivity index (χ0n) is 31.1. The first-order valence-electron chi connectivity index (χ1n) is 19.2. The molecular formula is C38H54O15. The molecule has 15 heteroatoms. The van der Waals surface area contributed by atoms with E-state index in [1.54, 1.807) is 0 Å². The van der Waals surface area contributed by atoms with Gasteiger partial charge in [-0.15, -0.1) is 0 Å². The van der Waals surface area contributed by atoms with E-state index < -0.39 is 96.1 Å². The lowest BCUT2D eigenvalue weighted by Crippen LogP contribution is -2.72. The Balaban J connectivity index is 1.04. The number of rotatable bonds is 8. The second-order valence-corrected chi connectivity index (χ2v) is 17.5. The molecular weight excluding hydrogens is 696 g/mol. The minimum atomic E-state index is -1.61. The topological polar surface area (TPSA) is 224 Å². The molecule has 4 aliphatic heterocycles. The summed E-state index contributed by atoms with van der Waals surface area (Å²) in [6.07, 6.45) is -7.17. The predicted molar refractivity (Wildman–Crippen MR) is 178 cm³/mol. The van der Waals surface area contributed by atoms with Crippen LogP contribution in [-0.4, -0.2) is 136 Å². The number of epoxide rings is 2. The van der Waals surface area contributed by atoms with E-state index in [0.717, 1.165) is 18.4 Å². The molecule has 4 heterocycles. The molecule has 7 fully saturated rings. The SMILES string of the molecule is CC(=O)O[C@H]1CC2[C@@H]([C@@H]3O[C@@H]3[C@@]3(O)C[C@@H]4O[C@@H]4[C@H](OC(C)=O)[C@]23C)[C@@H]2CC[C@H]([C@H](C)[C@H]3CC(C)=C(CO[C@@H]4O[C@H](CO)[C@@H](O)[C@H](O)[C@H]4O)C(=O)O3)[C@@]12C. The summed E-state index contributed by atoms with van der Waals surface area (Å²) in [6.45, 7) is 10.0. The molecule has 8 rings (SSSR count). The highest BCUT2D eigenvalue weighted by Crippen LogP contribution is 2.74. The highest BCUT2D eigenvalue weighted by Gasteiger charge is 2.83. The van der Waals surface area contributed by atoms with Gasteiger partial charge < -0.3 is 58.7 Å². The highest BCUT2D eigenvalue weighted by molar-refractivity contribution is 5.90. The van der Waals surface area contributed by atoms with Crippen LogP contribution in [0.3, 0.4) is 0 Å². The minimum absolute atomic E-state index is 0.00657. The molecule has 0 spiro atoms. The lowest BCUT2D eigenvalue weighted by atomic mass is 9.42. The van der Waals surface area contributed by atoms with E-state index in [4.69, 9.17) is 33.2 Å². The van der Waals surface area contributed by atoms with Crippen molar-refractivity contribution in [3.63, 3.8) is 0 Å². The molecule has 3 saturated heterocycles. The molecule has 0 bridgehead atoms. The second kappa shape index (κ2) is 12.9. The molecule has 0 radical (unpaired) electrons. The molecule has 5 N–H and O–H groups in total. The van der Waals surface area contributed by atoms with Crippen LogP contribution >= 0.6 is 0 Å². The maximum atomic E-state index is 13.5. The average Bonchev–Trinajstić information content (AvgIpc) is 4.02. The zero-order chi connectivity index (χ0) is 38.1. The van der Waals surface area contributed by atoms with Crippen molar-refractivity contribution in [2.75, 3.05) is 13.2 Å². The van der Waals surface area contributed by atoms with Crippen molar-refractivity contribution >= 4 is 17.9 Å². The number of fused-ring (bicyclic) bond motifs is 9. The Bertz CT molecular complexity index is 1550. The van der Waals surface area contributed by atoms with Crippen molar-refractivity contribution in [2.45, 2.75) is 153 Å². The van der Waals surface area contributed by atoms with Gasteiger partial charge in [0.05, 0.1) is 31.0 Å². The van der Waals surface area contributed by atoms with E-state index in [1.807, 2.05) is 13.8 Å². The molecule has 0 amide bonds. The lowest BCUT2D eigenvalue weighted by molar-refractivity contribution is -0.299. The monoisotopic (exact) mass is 750 g/mol. The minimum Gasteiger partial charge on any atom is -0.462 e. The maximum Gasteiger partial charge on any atom is 0.336 e. The average molecular weight is 751 g/mol. The van der Waals surface area contributed by atoms with Crippen LogP contribution < -0.4 is 0 Å². The van der Waals surface area contributed by atoms with E-state index in [2.05, 4.69) is 13.8 Å². The summed E-state index contributed by atoms with van der Waals surface area (Å²) in [5.41, 5.74) is -1.70. The van der Waals surface area contributed by atoms with E-state index in [1.165, 1.54) is 13.8 Å². The van der Waals surface area contributed by atoms with Crippen LogP contribution in [0.5, 0.6) is 0 Å². The molecule has 20 atom stereocenters. The van der Waals surface area contributed by atoms with Crippen LogP contribution in [-0.2, 0) is 47.5 Å². The maximum absolute atomic E-state index is 13.5. The Morgan fingerprint density at radius 3 is 2.34 bits per heavy atom. The fraction of sp³-hybridized carbons (Fsp3) is 0.868. The van der Waals surface area contributed by atoms with Gasteiger partial charge in [-0.05, 0) is 55.8 Å². The van der Waals surface area contributed by atoms with E-state index in [9.17, 15) is 39.9 Å². The number of ether oxygens (including phenoxy) is 7. The molecule has 0 aromatic heterocycles. The number of cyclic esters (lactones) is 1. The van der Waals surface area contributed by atoms with Crippen LogP contribution in [0.2, 0.25) is 0 Å². The number of aliphatic hydroxyl groups excluding tert-OH is 4. The lowest BCUT2D eigenvalue weighted by Gasteiger charge is -2.64. The Hall–Kier alpha value is -2.21. The van der Waals surface area contributed by atoms with Gasteiger partial charge in [-0.25, -0.2) is 4.79 Å². The number of carbonyl (C=O) groups excluding carboxylic acids is 3. The number of aliphatic hydroxyl groups is 5. The predicted octanol–water partition coefficient (Wildman–Crippen LogP) is 0.293. The third-order valence-corrected chi connectivity index (χ3v) is 15.2. The third kappa shape index (κ3) is 5.50. The zero-order valence-corrected chi connectivity index (χ0v) is 31.1. The Morgan fingerprint density at radius 1 is 0.962 bits per heavy atom. The van der Waals surface area contributed by atoms with Gasteiger partial charge in [0, 0.05) is 37.5 Å². The first-order valence-corrected chi connectivity index (χ1v) is 19.2.